The summed E-state index contributed by atoms with van der Waals surface area (Å²) in [4.78, 5) is 2.62. The average Bonchev–Trinajstić information content (AvgIpc) is 2.50. The van der Waals surface area contributed by atoms with Crippen molar-refractivity contribution in [2.75, 3.05) is 19.6 Å². The molecule has 102 valence electrons. The maximum atomic E-state index is 3.78. The number of likely N-dealkylation sites (tertiary alicyclic amines) is 1. The number of hydrogen-bond donors (Lipinski definition) is 1. The van der Waals surface area contributed by atoms with E-state index < -0.39 is 0 Å². The summed E-state index contributed by atoms with van der Waals surface area (Å²) in [5.74, 6) is 1.58. The highest BCUT2D eigenvalue weighted by molar-refractivity contribution is 4.77. The van der Waals surface area contributed by atoms with Gasteiger partial charge in [-0.05, 0) is 64.6 Å². The summed E-state index contributed by atoms with van der Waals surface area (Å²) in [5.41, 5.74) is 0. The lowest BCUT2D eigenvalue weighted by Crippen LogP contribution is -2.36. The van der Waals surface area contributed by atoms with E-state index in [1.54, 1.807) is 0 Å². The maximum absolute atomic E-state index is 3.78. The van der Waals surface area contributed by atoms with Crippen LogP contribution in [0.3, 0.4) is 0 Å². The van der Waals surface area contributed by atoms with Crippen LogP contribution in [0.15, 0.2) is 0 Å². The topological polar surface area (TPSA) is 15.3 Å². The molecule has 0 aromatic heterocycles. The zero-order valence-corrected chi connectivity index (χ0v) is 12.5. The molecule has 1 aliphatic rings. The molecule has 1 saturated heterocycles. The van der Waals surface area contributed by atoms with Gasteiger partial charge in [0.2, 0.25) is 0 Å². The highest BCUT2D eigenvalue weighted by atomic mass is 15.1. The fourth-order valence-electron chi connectivity index (χ4n) is 2.43. The molecular weight excluding hydrogens is 208 g/mol. The third-order valence-corrected chi connectivity index (χ3v) is 4.36. The van der Waals surface area contributed by atoms with Gasteiger partial charge in [0.25, 0.3) is 0 Å². The summed E-state index contributed by atoms with van der Waals surface area (Å²) in [5, 5.41) is 3.78. The van der Waals surface area contributed by atoms with Gasteiger partial charge in [0.15, 0.2) is 0 Å². The van der Waals surface area contributed by atoms with Crippen molar-refractivity contribution in [3.63, 3.8) is 0 Å². The van der Waals surface area contributed by atoms with E-state index in [-0.39, 0.29) is 0 Å². The van der Waals surface area contributed by atoms with E-state index >= 15 is 0 Å². The molecule has 2 unspecified atom stereocenters. The third kappa shape index (κ3) is 5.39. The van der Waals surface area contributed by atoms with Crippen molar-refractivity contribution in [3.05, 3.63) is 0 Å². The molecule has 0 spiro atoms. The Morgan fingerprint density at radius 3 is 2.35 bits per heavy atom. The van der Waals surface area contributed by atoms with E-state index in [4.69, 9.17) is 0 Å². The molecule has 2 nitrogen and oxygen atoms in total. The smallest absolute Gasteiger partial charge is 0.00798 e. The molecule has 0 saturated carbocycles. The van der Waals surface area contributed by atoms with Gasteiger partial charge in [-0.2, -0.15) is 0 Å². The van der Waals surface area contributed by atoms with Crippen molar-refractivity contribution in [3.8, 4) is 0 Å². The zero-order valence-electron chi connectivity index (χ0n) is 12.5. The molecule has 0 aliphatic carbocycles. The Bertz CT molecular complexity index is 201. The summed E-state index contributed by atoms with van der Waals surface area (Å²) in [7, 11) is 0. The van der Waals surface area contributed by atoms with Gasteiger partial charge in [0.05, 0.1) is 0 Å². The van der Waals surface area contributed by atoms with E-state index in [1.165, 1.54) is 38.9 Å². The molecule has 17 heavy (non-hydrogen) atoms. The maximum Gasteiger partial charge on any atom is 0.00798 e. The second kappa shape index (κ2) is 7.38. The molecule has 0 radical (unpaired) electrons. The van der Waals surface area contributed by atoms with Gasteiger partial charge in [-0.15, -0.1) is 0 Å². The van der Waals surface area contributed by atoms with Crippen LogP contribution in [0.1, 0.15) is 53.9 Å². The Morgan fingerprint density at radius 1 is 1.06 bits per heavy atom. The standard InChI is InChI=1S/C15H32N2/c1-12(2)14(5)11-16-15-7-6-9-17(10-8-15)13(3)4/h12-16H,6-11H2,1-5H3. The zero-order chi connectivity index (χ0) is 12.8. The molecule has 0 aromatic carbocycles. The number of nitrogens with zero attached hydrogens (tertiary/aromatic N) is 1. The SMILES string of the molecule is CC(C)C(C)CNC1CCCN(C(C)C)CC1. The van der Waals surface area contributed by atoms with Crippen molar-refractivity contribution < 1.29 is 0 Å². The van der Waals surface area contributed by atoms with Crippen LogP contribution in [-0.2, 0) is 0 Å². The molecule has 1 fully saturated rings. The van der Waals surface area contributed by atoms with Crippen molar-refractivity contribution in [2.45, 2.75) is 66.0 Å². The summed E-state index contributed by atoms with van der Waals surface area (Å²) >= 11 is 0. The monoisotopic (exact) mass is 240 g/mol. The Hall–Kier alpha value is -0.0800. The van der Waals surface area contributed by atoms with Crippen LogP contribution in [0.2, 0.25) is 0 Å². The Morgan fingerprint density at radius 2 is 1.76 bits per heavy atom. The first kappa shape index (κ1) is 15.0. The molecule has 0 aromatic rings. The van der Waals surface area contributed by atoms with Crippen molar-refractivity contribution in [1.82, 2.24) is 10.2 Å². The van der Waals surface area contributed by atoms with Crippen LogP contribution in [-0.4, -0.2) is 36.6 Å². The number of nitrogens with one attached hydrogen (secondary N) is 1. The second-order valence-corrected chi connectivity index (χ2v) is 6.39. The van der Waals surface area contributed by atoms with Crippen LogP contribution in [0.4, 0.5) is 0 Å². The summed E-state index contributed by atoms with van der Waals surface area (Å²) in [6.07, 6.45) is 4.03. The molecule has 1 aliphatic heterocycles. The van der Waals surface area contributed by atoms with Gasteiger partial charge in [-0.25, -0.2) is 0 Å². The predicted molar refractivity (Wildman–Crippen MR) is 76.4 cm³/mol. The van der Waals surface area contributed by atoms with Gasteiger partial charge in [-0.3, -0.25) is 0 Å². The molecule has 0 amide bonds. The number of hydrogen-bond acceptors (Lipinski definition) is 2. The number of rotatable bonds is 5. The summed E-state index contributed by atoms with van der Waals surface area (Å²) < 4.78 is 0. The van der Waals surface area contributed by atoms with Gasteiger partial charge in [0.1, 0.15) is 0 Å². The Balaban J connectivity index is 2.27. The minimum atomic E-state index is 0.711. The highest BCUT2D eigenvalue weighted by Gasteiger charge is 2.19. The molecule has 1 heterocycles. The molecule has 1 rings (SSSR count). The quantitative estimate of drug-likeness (QED) is 0.794. The molecule has 0 bridgehead atoms. The molecule has 2 atom stereocenters. The van der Waals surface area contributed by atoms with Gasteiger partial charge in [-0.1, -0.05) is 20.8 Å². The van der Waals surface area contributed by atoms with E-state index in [1.807, 2.05) is 0 Å². The lowest BCUT2D eigenvalue weighted by atomic mass is 9.97. The minimum absolute atomic E-state index is 0.711. The van der Waals surface area contributed by atoms with E-state index in [0.29, 0.717) is 6.04 Å². The fourth-order valence-corrected chi connectivity index (χ4v) is 2.43. The van der Waals surface area contributed by atoms with Crippen molar-refractivity contribution in [1.29, 1.82) is 0 Å². The van der Waals surface area contributed by atoms with E-state index in [0.717, 1.165) is 17.9 Å². The molecule has 2 heteroatoms. The fraction of sp³-hybridized carbons (Fsp3) is 1.00. The van der Waals surface area contributed by atoms with Gasteiger partial charge in [0, 0.05) is 12.1 Å². The van der Waals surface area contributed by atoms with Crippen LogP contribution in [0.25, 0.3) is 0 Å². The minimum Gasteiger partial charge on any atom is -0.314 e. The van der Waals surface area contributed by atoms with Gasteiger partial charge < -0.3 is 10.2 Å². The summed E-state index contributed by atoms with van der Waals surface area (Å²) in [6.45, 7) is 15.4. The largest absolute Gasteiger partial charge is 0.314 e. The van der Waals surface area contributed by atoms with Crippen LogP contribution < -0.4 is 5.32 Å². The highest BCUT2D eigenvalue weighted by Crippen LogP contribution is 2.15. The lowest BCUT2D eigenvalue weighted by molar-refractivity contribution is 0.228. The van der Waals surface area contributed by atoms with Crippen molar-refractivity contribution in [2.24, 2.45) is 11.8 Å². The van der Waals surface area contributed by atoms with E-state index in [9.17, 15) is 0 Å². The average molecular weight is 240 g/mol. The summed E-state index contributed by atoms with van der Waals surface area (Å²) in [6, 6.07) is 1.46. The normalized spacial score (nSPS) is 25.2. The first-order chi connectivity index (χ1) is 8.00. The Labute approximate surface area is 108 Å². The lowest BCUT2D eigenvalue weighted by Gasteiger charge is -2.25. The van der Waals surface area contributed by atoms with Crippen LogP contribution >= 0.6 is 0 Å². The van der Waals surface area contributed by atoms with Crippen LogP contribution in [0.5, 0.6) is 0 Å². The third-order valence-electron chi connectivity index (χ3n) is 4.36. The van der Waals surface area contributed by atoms with Gasteiger partial charge >= 0.3 is 0 Å². The second-order valence-electron chi connectivity index (χ2n) is 6.39. The Kier molecular flexibility index (Phi) is 6.50. The predicted octanol–water partition coefficient (Wildman–Crippen LogP) is 3.13. The molecular formula is C15H32N2. The van der Waals surface area contributed by atoms with E-state index in [2.05, 4.69) is 44.8 Å². The first-order valence-corrected chi connectivity index (χ1v) is 7.48. The van der Waals surface area contributed by atoms with Crippen LogP contribution in [0, 0.1) is 11.8 Å². The van der Waals surface area contributed by atoms with Crippen molar-refractivity contribution >= 4 is 0 Å². The molecule has 1 N–H and O–H groups in total. The first-order valence-electron chi connectivity index (χ1n) is 7.48.